The molecule has 0 saturated heterocycles. The van der Waals surface area contributed by atoms with E-state index in [1.54, 1.807) is 12.2 Å². The first kappa shape index (κ1) is 32.9. The molecule has 172 valence electrons. The summed E-state index contributed by atoms with van der Waals surface area (Å²) in [5.74, 6) is 8.01. The predicted molar refractivity (Wildman–Crippen MR) is 126 cm³/mol. The fourth-order valence-electron chi connectivity index (χ4n) is 3.32. The van der Waals surface area contributed by atoms with Crippen LogP contribution in [0.5, 0.6) is 0 Å². The van der Waals surface area contributed by atoms with E-state index >= 15 is 0 Å². The molecule has 0 spiro atoms. The zero-order chi connectivity index (χ0) is 23.5. The van der Waals surface area contributed by atoms with E-state index in [4.69, 9.17) is 11.2 Å². The number of carbonyl (C=O) groups excluding carboxylic acids is 1. The van der Waals surface area contributed by atoms with Gasteiger partial charge in [0.25, 0.3) is 0 Å². The third-order valence-corrected chi connectivity index (χ3v) is 4.99. The van der Waals surface area contributed by atoms with Crippen molar-refractivity contribution in [2.45, 2.75) is 84.8 Å². The van der Waals surface area contributed by atoms with Gasteiger partial charge in [0, 0.05) is 24.7 Å². The Morgan fingerprint density at radius 1 is 1.31 bits per heavy atom. The predicted octanol–water partition coefficient (Wildman–Crippen LogP) is 1.20. The largest absolute Gasteiger partial charge is 1.00 e. The monoisotopic (exact) mass is 450 g/mol. The maximum absolute atomic E-state index is 10.6. The van der Waals surface area contributed by atoms with Crippen LogP contribution in [-0.4, -0.2) is 29.9 Å². The number of hydrogen-bond donors (Lipinski definition) is 1. The smallest absolute Gasteiger partial charge is 0.550 e. The Balaban J connectivity index is 0. The number of aliphatic carboxylic acids is 1. The van der Waals surface area contributed by atoms with E-state index in [-0.39, 0.29) is 48.0 Å². The molecule has 0 radical (unpaired) electrons. The molecule has 4 nitrogen and oxygen atoms in total. The topological polar surface area (TPSA) is 69.6 Å². The Morgan fingerprint density at radius 2 is 2.03 bits per heavy atom. The van der Waals surface area contributed by atoms with Crippen LogP contribution >= 0.6 is 0 Å². The average molecular weight is 451 g/mol. The number of hydrogen-bond acceptors (Lipinski definition) is 4. The first-order valence-electron chi connectivity index (χ1n) is 11.3. The molecule has 4 atom stereocenters. The van der Waals surface area contributed by atoms with Gasteiger partial charge in [-0.2, -0.15) is 0 Å². The molecule has 1 saturated carbocycles. The van der Waals surface area contributed by atoms with Crippen LogP contribution in [0.2, 0.25) is 0 Å². The summed E-state index contributed by atoms with van der Waals surface area (Å²) in [5, 5.41) is 21.0. The van der Waals surface area contributed by atoms with Gasteiger partial charge in [-0.3, -0.25) is 0 Å². The van der Waals surface area contributed by atoms with Crippen molar-refractivity contribution in [3.63, 3.8) is 0 Å². The molecule has 1 fully saturated rings. The van der Waals surface area contributed by atoms with Gasteiger partial charge in [-0.1, -0.05) is 51.0 Å². The SMILES string of the molecule is C#C/C=C\C=C(\CCCC(=O)[O-])CO[C@@H]1CC(/C=C/CC(C)CC#CC)[C@H](O)C1.CC.[Na+]. The van der Waals surface area contributed by atoms with Gasteiger partial charge in [-0.05, 0) is 56.6 Å². The van der Waals surface area contributed by atoms with Gasteiger partial charge in [0.2, 0.25) is 0 Å². The summed E-state index contributed by atoms with van der Waals surface area (Å²) in [6.45, 7) is 8.43. The fraction of sp³-hybridized carbons (Fsp3) is 0.593. The Kier molecular flexibility index (Phi) is 22.2. The zero-order valence-electron chi connectivity index (χ0n) is 20.6. The maximum Gasteiger partial charge on any atom is 1.00 e. The summed E-state index contributed by atoms with van der Waals surface area (Å²) in [6.07, 6.45) is 18.7. The summed E-state index contributed by atoms with van der Waals surface area (Å²) in [5.41, 5.74) is 0.983. The molecule has 0 aliphatic heterocycles. The van der Waals surface area contributed by atoms with Gasteiger partial charge in [-0.15, -0.1) is 18.3 Å². The van der Waals surface area contributed by atoms with E-state index < -0.39 is 12.1 Å². The Bertz CT molecular complexity index is 691. The van der Waals surface area contributed by atoms with Gasteiger partial charge in [0.15, 0.2) is 0 Å². The van der Waals surface area contributed by atoms with E-state index in [0.29, 0.717) is 31.8 Å². The summed E-state index contributed by atoms with van der Waals surface area (Å²) in [4.78, 5) is 10.6. The quantitative estimate of drug-likeness (QED) is 0.210. The molecular weight excluding hydrogens is 411 g/mol. The van der Waals surface area contributed by atoms with Gasteiger partial charge in [0.1, 0.15) is 0 Å². The molecule has 1 rings (SSSR count). The summed E-state index contributed by atoms with van der Waals surface area (Å²) >= 11 is 0. The number of carbonyl (C=O) groups is 1. The number of aliphatic hydroxyl groups is 1. The molecule has 0 heterocycles. The number of carboxylic acid groups (broad SMARTS) is 1. The van der Waals surface area contributed by atoms with Crippen molar-refractivity contribution in [3.8, 4) is 24.2 Å². The van der Waals surface area contributed by atoms with Gasteiger partial charge >= 0.3 is 29.6 Å². The minimum Gasteiger partial charge on any atom is -0.550 e. The molecule has 0 aromatic carbocycles. The Morgan fingerprint density at radius 3 is 2.66 bits per heavy atom. The Hall–Kier alpha value is -1.27. The maximum atomic E-state index is 10.6. The van der Waals surface area contributed by atoms with Crippen LogP contribution in [0.25, 0.3) is 0 Å². The molecule has 0 amide bonds. The average Bonchev–Trinajstić information content (AvgIpc) is 3.11. The second-order valence-electron chi connectivity index (χ2n) is 7.61. The summed E-state index contributed by atoms with van der Waals surface area (Å²) in [7, 11) is 0. The third-order valence-electron chi connectivity index (χ3n) is 4.99. The van der Waals surface area contributed by atoms with E-state index in [0.717, 1.165) is 24.8 Å². The third kappa shape index (κ3) is 16.4. The van der Waals surface area contributed by atoms with Crippen LogP contribution in [0.15, 0.2) is 36.0 Å². The number of allylic oxidation sites excluding steroid dienone is 4. The van der Waals surface area contributed by atoms with Crippen LogP contribution in [0, 0.1) is 36.0 Å². The molecule has 0 aromatic rings. The van der Waals surface area contributed by atoms with Crippen molar-refractivity contribution in [1.29, 1.82) is 0 Å². The van der Waals surface area contributed by atoms with Crippen molar-refractivity contribution in [1.82, 2.24) is 0 Å². The van der Waals surface area contributed by atoms with E-state index in [2.05, 4.69) is 36.8 Å². The van der Waals surface area contributed by atoms with Crippen LogP contribution in [0.3, 0.4) is 0 Å². The standard InChI is InChI=1S/C25H34O4.C2H6.Na/c1-4-6-8-13-21(14-10-16-25(27)28)19-29-23-17-22(24(26)18-23)15-9-12-20(3)11-7-5-2;1-2;/h1,6,8-9,13,15,20,22-24,26H,10-12,14,16-19H2,2-3H3,(H,27,28);1-2H3;/q;;+1/p-1/b8-6-,15-9+,21-13-;;/t20?,22?,23-,24-;;/m1../s1. The molecule has 0 bridgehead atoms. The number of ether oxygens (including phenoxy) is 1. The molecule has 32 heavy (non-hydrogen) atoms. The minimum atomic E-state index is -1.05. The summed E-state index contributed by atoms with van der Waals surface area (Å²) < 4.78 is 6.01. The molecular formula is C27H39NaO4. The molecule has 1 aliphatic carbocycles. The molecule has 1 N–H and O–H groups in total. The van der Waals surface area contributed by atoms with Crippen LogP contribution < -0.4 is 34.7 Å². The Labute approximate surface area is 217 Å². The number of aliphatic hydroxyl groups excluding tert-OH is 1. The minimum absolute atomic E-state index is 0. The molecule has 0 aromatic heterocycles. The molecule has 2 unspecified atom stereocenters. The second kappa shape index (κ2) is 21.6. The van der Waals surface area contributed by atoms with E-state index in [1.165, 1.54) is 0 Å². The zero-order valence-corrected chi connectivity index (χ0v) is 22.6. The summed E-state index contributed by atoms with van der Waals surface area (Å²) in [6, 6.07) is 0. The van der Waals surface area contributed by atoms with Crippen molar-refractivity contribution >= 4 is 5.97 Å². The van der Waals surface area contributed by atoms with Crippen LogP contribution in [0.4, 0.5) is 0 Å². The van der Waals surface area contributed by atoms with Crippen LogP contribution in [0.1, 0.15) is 72.6 Å². The van der Waals surface area contributed by atoms with Crippen molar-refractivity contribution < 1.29 is 49.3 Å². The van der Waals surface area contributed by atoms with Gasteiger partial charge < -0.3 is 19.7 Å². The van der Waals surface area contributed by atoms with Gasteiger partial charge in [0.05, 0.1) is 18.8 Å². The second-order valence-corrected chi connectivity index (χ2v) is 7.61. The first-order chi connectivity index (χ1) is 15.0. The molecule has 5 heteroatoms. The number of carboxylic acids is 1. The molecule has 1 aliphatic rings. The number of terminal acetylenes is 1. The van der Waals surface area contributed by atoms with Crippen molar-refractivity contribution in [2.75, 3.05) is 6.61 Å². The van der Waals surface area contributed by atoms with Gasteiger partial charge in [-0.25, -0.2) is 0 Å². The number of rotatable bonds is 12. The fourth-order valence-corrected chi connectivity index (χ4v) is 3.32. The normalized spacial score (nSPS) is 21.1. The first-order valence-corrected chi connectivity index (χ1v) is 11.3. The van der Waals surface area contributed by atoms with Crippen molar-refractivity contribution in [2.24, 2.45) is 11.8 Å². The van der Waals surface area contributed by atoms with Crippen LogP contribution in [-0.2, 0) is 9.53 Å². The van der Waals surface area contributed by atoms with E-state index in [1.807, 2.05) is 26.8 Å². The van der Waals surface area contributed by atoms with E-state index in [9.17, 15) is 15.0 Å². The van der Waals surface area contributed by atoms with Crippen molar-refractivity contribution in [3.05, 3.63) is 36.0 Å².